The Labute approximate surface area is 264 Å². The van der Waals surface area contributed by atoms with Crippen molar-refractivity contribution in [1.82, 2.24) is 24.8 Å². The maximum Gasteiger partial charge on any atom is 0.261 e. The average Bonchev–Trinajstić information content (AvgIpc) is 3.58. The number of amides is 2. The van der Waals surface area contributed by atoms with Crippen LogP contribution in [0.1, 0.15) is 33.6 Å². The van der Waals surface area contributed by atoms with E-state index in [1.807, 2.05) is 43.4 Å². The van der Waals surface area contributed by atoms with Crippen LogP contribution in [0.2, 0.25) is 0 Å². The summed E-state index contributed by atoms with van der Waals surface area (Å²) in [6.45, 7) is 1.78. The number of carbonyl (C=O) groups is 2. The first-order valence-corrected chi connectivity index (χ1v) is 15.2. The number of benzene rings is 3. The Balaban J connectivity index is 1.06. The number of nitrogens with zero attached hydrogens (tertiary/aromatic N) is 3. The molecule has 0 bridgehead atoms. The van der Waals surface area contributed by atoms with Crippen LogP contribution in [0.4, 0.5) is 5.69 Å². The molecule has 0 saturated carbocycles. The van der Waals surface area contributed by atoms with Gasteiger partial charge in [0.2, 0.25) is 0 Å². The van der Waals surface area contributed by atoms with Gasteiger partial charge in [-0.2, -0.15) is 0 Å². The van der Waals surface area contributed by atoms with Crippen molar-refractivity contribution in [2.24, 2.45) is 0 Å². The minimum absolute atomic E-state index is 0.0217. The van der Waals surface area contributed by atoms with Crippen LogP contribution >= 0.6 is 0 Å². The van der Waals surface area contributed by atoms with Crippen molar-refractivity contribution in [2.75, 3.05) is 45.7 Å². The van der Waals surface area contributed by atoms with Crippen molar-refractivity contribution in [3.8, 4) is 22.9 Å². The quantitative estimate of drug-likeness (QED) is 0.181. The first-order chi connectivity index (χ1) is 22.3. The summed E-state index contributed by atoms with van der Waals surface area (Å²) >= 11 is 0. The standard InChI is InChI=1S/C34H34N6O6/c1-39-11-8-21(9-12-39)40-33(43)25-15-28-29(16-26(25)34(40)44)38-31(37-28)30-27(7-10-35-32(30)42)36-17-22(41)18-46-24-6-4-19-3-5-23(45-2)13-20(19)14-24/h3-7,10,13-16,21-22,41H,8-9,11-12,17-18H2,1-2H3,(H,37,38)(H2,35,36,42). The zero-order valence-electron chi connectivity index (χ0n) is 25.5. The normalized spacial score (nSPS) is 16.3. The Hall–Kier alpha value is -5.20. The lowest BCUT2D eigenvalue weighted by molar-refractivity contribution is 0.0516. The smallest absolute Gasteiger partial charge is 0.261 e. The maximum atomic E-state index is 13.3. The molecule has 4 heterocycles. The van der Waals surface area contributed by atoms with E-state index >= 15 is 0 Å². The number of aliphatic hydroxyl groups is 1. The van der Waals surface area contributed by atoms with Crippen LogP contribution in [-0.4, -0.2) is 94.2 Å². The molecule has 1 unspecified atom stereocenters. The molecule has 7 rings (SSSR count). The molecular weight excluding hydrogens is 588 g/mol. The molecule has 12 heteroatoms. The van der Waals surface area contributed by atoms with E-state index in [2.05, 4.69) is 25.2 Å². The highest BCUT2D eigenvalue weighted by Crippen LogP contribution is 2.33. The lowest BCUT2D eigenvalue weighted by Crippen LogP contribution is -2.46. The Morgan fingerprint density at radius 2 is 1.70 bits per heavy atom. The van der Waals surface area contributed by atoms with E-state index in [1.165, 1.54) is 11.1 Å². The number of carbonyl (C=O) groups excluding carboxylic acids is 2. The number of rotatable bonds is 9. The number of anilines is 1. The number of fused-ring (bicyclic) bond motifs is 3. The number of nitrogens with one attached hydrogen (secondary N) is 3. The maximum absolute atomic E-state index is 13.3. The third-order valence-corrected chi connectivity index (χ3v) is 8.76. The van der Waals surface area contributed by atoms with Crippen LogP contribution < -0.4 is 20.3 Å². The molecule has 236 valence electrons. The molecule has 0 spiro atoms. The number of aromatic nitrogens is 3. The fourth-order valence-electron chi connectivity index (χ4n) is 6.23. The van der Waals surface area contributed by atoms with Gasteiger partial charge in [0.25, 0.3) is 17.4 Å². The van der Waals surface area contributed by atoms with Crippen LogP contribution in [0.25, 0.3) is 33.2 Å². The molecule has 46 heavy (non-hydrogen) atoms. The second-order valence-electron chi connectivity index (χ2n) is 11.8. The van der Waals surface area contributed by atoms with E-state index in [0.717, 1.165) is 42.5 Å². The number of aliphatic hydroxyl groups excluding tert-OH is 1. The van der Waals surface area contributed by atoms with Gasteiger partial charge in [-0.15, -0.1) is 0 Å². The van der Waals surface area contributed by atoms with E-state index < -0.39 is 11.7 Å². The van der Waals surface area contributed by atoms with Crippen molar-refractivity contribution in [3.63, 3.8) is 0 Å². The van der Waals surface area contributed by atoms with Crippen molar-refractivity contribution in [1.29, 1.82) is 0 Å². The number of hydrogen-bond acceptors (Lipinski definition) is 9. The zero-order chi connectivity index (χ0) is 31.9. The minimum Gasteiger partial charge on any atom is -0.497 e. The van der Waals surface area contributed by atoms with Crippen molar-refractivity contribution in [2.45, 2.75) is 25.0 Å². The predicted molar refractivity (Wildman–Crippen MR) is 174 cm³/mol. The molecule has 0 radical (unpaired) electrons. The fourth-order valence-corrected chi connectivity index (χ4v) is 6.23. The van der Waals surface area contributed by atoms with E-state index in [4.69, 9.17) is 9.47 Å². The number of imidazole rings is 1. The van der Waals surface area contributed by atoms with Gasteiger partial charge in [0.15, 0.2) is 0 Å². The summed E-state index contributed by atoms with van der Waals surface area (Å²) in [4.78, 5) is 53.7. The van der Waals surface area contributed by atoms with Crippen LogP contribution in [-0.2, 0) is 0 Å². The fraction of sp³-hybridized carbons (Fsp3) is 0.294. The Bertz CT molecular complexity index is 1980. The number of aromatic amines is 2. The second kappa shape index (κ2) is 12.0. The Kier molecular flexibility index (Phi) is 7.67. The molecule has 2 amide bonds. The third kappa shape index (κ3) is 5.46. The number of imide groups is 1. The van der Waals surface area contributed by atoms with E-state index in [0.29, 0.717) is 33.6 Å². The molecule has 1 saturated heterocycles. The molecule has 1 atom stereocenters. The van der Waals surface area contributed by atoms with E-state index in [1.54, 1.807) is 25.3 Å². The van der Waals surface area contributed by atoms with Gasteiger partial charge in [0, 0.05) is 18.8 Å². The van der Waals surface area contributed by atoms with Gasteiger partial charge in [0.05, 0.1) is 35.0 Å². The first-order valence-electron chi connectivity index (χ1n) is 15.2. The highest BCUT2D eigenvalue weighted by molar-refractivity contribution is 6.23. The number of likely N-dealkylation sites (tertiary alicyclic amines) is 1. The van der Waals surface area contributed by atoms with Crippen molar-refractivity contribution < 1.29 is 24.2 Å². The molecule has 2 aromatic heterocycles. The lowest BCUT2D eigenvalue weighted by atomic mass is 10.0. The molecule has 2 aliphatic heterocycles. The van der Waals surface area contributed by atoms with Gasteiger partial charge in [0.1, 0.15) is 35.6 Å². The first kappa shape index (κ1) is 29.5. The SMILES string of the molecule is COc1ccc2ccc(OCC(O)CNc3cc[nH]c(=O)c3-c3nc4cc5c(cc4[nH]3)C(=O)N(C3CCN(C)CC3)C5=O)cc2c1. The van der Waals surface area contributed by atoms with Crippen molar-refractivity contribution in [3.05, 3.63) is 82.3 Å². The summed E-state index contributed by atoms with van der Waals surface area (Å²) in [7, 11) is 3.65. The Morgan fingerprint density at radius 1 is 0.978 bits per heavy atom. The number of H-pyrrole nitrogens is 2. The third-order valence-electron chi connectivity index (χ3n) is 8.76. The van der Waals surface area contributed by atoms with Gasteiger partial charge in [-0.3, -0.25) is 19.3 Å². The summed E-state index contributed by atoms with van der Waals surface area (Å²) in [6.07, 6.45) is 2.10. The summed E-state index contributed by atoms with van der Waals surface area (Å²) in [5.74, 6) is 1.02. The Morgan fingerprint density at radius 3 is 2.46 bits per heavy atom. The molecule has 3 aromatic carbocycles. The molecule has 4 N–H and O–H groups in total. The monoisotopic (exact) mass is 622 g/mol. The molecule has 1 fully saturated rings. The van der Waals surface area contributed by atoms with Crippen LogP contribution in [0.15, 0.2) is 65.6 Å². The number of piperidine rings is 1. The second-order valence-corrected chi connectivity index (χ2v) is 11.8. The lowest BCUT2D eigenvalue weighted by Gasteiger charge is -2.33. The number of pyridine rings is 1. The summed E-state index contributed by atoms with van der Waals surface area (Å²) in [5, 5.41) is 15.8. The predicted octanol–water partition coefficient (Wildman–Crippen LogP) is 3.62. The molecule has 5 aromatic rings. The highest BCUT2D eigenvalue weighted by atomic mass is 16.5. The highest BCUT2D eigenvalue weighted by Gasteiger charge is 2.41. The summed E-state index contributed by atoms with van der Waals surface area (Å²) in [6, 6.07) is 16.3. The van der Waals surface area contributed by atoms with Crippen LogP contribution in [0.3, 0.4) is 0 Å². The van der Waals surface area contributed by atoms with E-state index in [-0.39, 0.29) is 42.4 Å². The number of ether oxygens (including phenoxy) is 2. The summed E-state index contributed by atoms with van der Waals surface area (Å²) in [5.41, 5.74) is 1.96. The molecular formula is C34H34N6O6. The molecule has 2 aliphatic rings. The largest absolute Gasteiger partial charge is 0.497 e. The minimum atomic E-state index is -0.892. The molecule has 0 aliphatic carbocycles. The van der Waals surface area contributed by atoms with Crippen molar-refractivity contribution >= 4 is 39.3 Å². The van der Waals surface area contributed by atoms with Crippen LogP contribution in [0, 0.1) is 0 Å². The average molecular weight is 623 g/mol. The number of hydrogen-bond donors (Lipinski definition) is 4. The van der Waals surface area contributed by atoms with Crippen LogP contribution in [0.5, 0.6) is 11.5 Å². The van der Waals surface area contributed by atoms with Gasteiger partial charge >= 0.3 is 0 Å². The number of methoxy groups -OCH3 is 1. The topological polar surface area (TPSA) is 153 Å². The van der Waals surface area contributed by atoms with E-state index in [9.17, 15) is 19.5 Å². The summed E-state index contributed by atoms with van der Waals surface area (Å²) < 4.78 is 11.2. The molecule has 12 nitrogen and oxygen atoms in total. The van der Waals surface area contributed by atoms with Gasteiger partial charge < -0.3 is 34.8 Å². The van der Waals surface area contributed by atoms with Gasteiger partial charge in [-0.05, 0) is 86.2 Å². The zero-order valence-corrected chi connectivity index (χ0v) is 25.5. The van der Waals surface area contributed by atoms with Gasteiger partial charge in [-0.25, -0.2) is 4.98 Å². The van der Waals surface area contributed by atoms with Gasteiger partial charge in [-0.1, -0.05) is 12.1 Å².